The molecule has 0 atom stereocenters. The Balaban J connectivity index is 2.00. The lowest BCUT2D eigenvalue weighted by atomic mass is 9.74. The van der Waals surface area contributed by atoms with E-state index in [0.29, 0.717) is 16.7 Å². The molecule has 32 heavy (non-hydrogen) atoms. The van der Waals surface area contributed by atoms with Crippen molar-refractivity contribution < 1.29 is 39.7 Å². The van der Waals surface area contributed by atoms with Crippen LogP contribution in [0.25, 0.3) is 16.9 Å². The van der Waals surface area contributed by atoms with Crippen LogP contribution in [0.15, 0.2) is 42.5 Å². The number of rotatable bonds is 5. The van der Waals surface area contributed by atoms with Crippen molar-refractivity contribution in [1.29, 1.82) is 0 Å². The van der Waals surface area contributed by atoms with Crippen LogP contribution in [0, 0.1) is 5.82 Å². The van der Waals surface area contributed by atoms with E-state index in [0.717, 1.165) is 0 Å². The molecule has 0 saturated heterocycles. The Labute approximate surface area is 182 Å². The predicted molar refractivity (Wildman–Crippen MR) is 109 cm³/mol. The Morgan fingerprint density at radius 1 is 1.09 bits per heavy atom. The molecule has 0 fully saturated rings. The van der Waals surface area contributed by atoms with Crippen molar-refractivity contribution in [3.63, 3.8) is 0 Å². The van der Waals surface area contributed by atoms with E-state index in [1.54, 1.807) is 12.1 Å². The maximum Gasteiger partial charge on any atom is 0.534 e. The number of ether oxygens (including phenoxy) is 1. The van der Waals surface area contributed by atoms with E-state index in [1.165, 1.54) is 37.5 Å². The lowest BCUT2D eigenvalue weighted by Gasteiger charge is -2.32. The first-order valence-corrected chi connectivity index (χ1v) is 10.9. The molecule has 172 valence electrons. The van der Waals surface area contributed by atoms with Gasteiger partial charge in [-0.05, 0) is 52.3 Å². The Hall–Kier alpha value is -2.88. The number of alkyl halides is 3. The molecule has 10 heteroatoms. The molecule has 5 nitrogen and oxygen atoms in total. The van der Waals surface area contributed by atoms with Crippen molar-refractivity contribution in [2.75, 3.05) is 7.11 Å². The lowest BCUT2D eigenvalue weighted by Crippen LogP contribution is -2.27. The molecule has 1 aliphatic rings. The highest BCUT2D eigenvalue weighted by Crippen LogP contribution is 2.42. The number of hydrogen-bond donors (Lipinski definition) is 0. The zero-order valence-electron chi connectivity index (χ0n) is 17.4. The summed E-state index contributed by atoms with van der Waals surface area (Å²) in [6, 6.07) is 8.96. The van der Waals surface area contributed by atoms with Crippen molar-refractivity contribution >= 4 is 21.8 Å². The van der Waals surface area contributed by atoms with E-state index in [1.807, 2.05) is 13.8 Å². The molecule has 0 unspecified atom stereocenters. The zero-order valence-corrected chi connectivity index (χ0v) is 18.2. The van der Waals surface area contributed by atoms with Crippen LogP contribution in [0.4, 0.5) is 17.6 Å². The van der Waals surface area contributed by atoms with Gasteiger partial charge in [-0.15, -0.1) is 0 Å². The van der Waals surface area contributed by atoms with Gasteiger partial charge < -0.3 is 8.92 Å². The second kappa shape index (κ2) is 8.23. The van der Waals surface area contributed by atoms with Gasteiger partial charge in [0.1, 0.15) is 11.6 Å². The van der Waals surface area contributed by atoms with Crippen LogP contribution in [-0.2, 0) is 35.7 Å². The number of carbonyl (C=O) groups excluding carboxylic acids is 1. The molecule has 2 aromatic rings. The van der Waals surface area contributed by atoms with Crippen LogP contribution in [0.3, 0.4) is 0 Å². The summed E-state index contributed by atoms with van der Waals surface area (Å²) in [5.74, 6) is -1.59. The van der Waals surface area contributed by atoms with Gasteiger partial charge in [0.05, 0.1) is 13.5 Å². The van der Waals surface area contributed by atoms with E-state index >= 15 is 0 Å². The third kappa shape index (κ3) is 4.64. The number of methoxy groups -OCH3 is 1. The molecule has 0 heterocycles. The Kier molecular flexibility index (Phi) is 6.12. The van der Waals surface area contributed by atoms with Gasteiger partial charge in [0, 0.05) is 5.56 Å². The number of allylic oxidation sites excluding steroid dienone is 1. The Morgan fingerprint density at radius 3 is 2.31 bits per heavy atom. The van der Waals surface area contributed by atoms with Crippen LogP contribution in [0.5, 0.6) is 0 Å². The minimum Gasteiger partial charge on any atom is -0.469 e. The first-order valence-electron chi connectivity index (χ1n) is 9.46. The fourth-order valence-corrected chi connectivity index (χ4v) is 3.90. The van der Waals surface area contributed by atoms with Crippen LogP contribution in [0.1, 0.15) is 37.0 Å². The molecule has 0 bridgehead atoms. The quantitative estimate of drug-likeness (QED) is 0.262. The molecule has 0 saturated carbocycles. The Morgan fingerprint density at radius 2 is 1.72 bits per heavy atom. The molecule has 0 spiro atoms. The molecule has 0 aromatic heterocycles. The molecule has 0 aliphatic heterocycles. The summed E-state index contributed by atoms with van der Waals surface area (Å²) in [4.78, 5) is 11.4. The standard InChI is InChI=1S/C22H20F4O5S/c1-21(2)9-8-19(31-32(28,29)22(24,25)26)16-7-6-13(10-17(16)21)14-4-5-15(18(23)11-14)12-20(27)30-3/h4-8,10-11H,9,12H2,1-3H3. The van der Waals surface area contributed by atoms with Gasteiger partial charge in [0.2, 0.25) is 0 Å². The number of esters is 1. The van der Waals surface area contributed by atoms with Crippen LogP contribution < -0.4 is 0 Å². The summed E-state index contributed by atoms with van der Waals surface area (Å²) in [5, 5.41) is 0. The van der Waals surface area contributed by atoms with Gasteiger partial charge in [-0.2, -0.15) is 21.6 Å². The van der Waals surface area contributed by atoms with E-state index in [2.05, 4.69) is 8.92 Å². The van der Waals surface area contributed by atoms with Crippen molar-refractivity contribution in [3.8, 4) is 11.1 Å². The fraction of sp³-hybridized carbons (Fsp3) is 0.318. The van der Waals surface area contributed by atoms with Crippen molar-refractivity contribution in [2.45, 2.75) is 37.6 Å². The predicted octanol–water partition coefficient (Wildman–Crippen LogP) is 5.10. The number of fused-ring (bicyclic) bond motifs is 1. The summed E-state index contributed by atoms with van der Waals surface area (Å²) in [6.45, 7) is 3.70. The number of benzene rings is 2. The fourth-order valence-electron chi connectivity index (χ4n) is 3.41. The minimum atomic E-state index is -5.82. The van der Waals surface area contributed by atoms with Crippen LogP contribution in [-0.4, -0.2) is 27.0 Å². The van der Waals surface area contributed by atoms with Crippen molar-refractivity contribution in [1.82, 2.24) is 0 Å². The average Bonchev–Trinajstić information content (AvgIpc) is 2.70. The number of carbonyl (C=O) groups is 1. The molecule has 2 aromatic carbocycles. The summed E-state index contributed by atoms with van der Waals surface area (Å²) in [7, 11) is -4.61. The van der Waals surface area contributed by atoms with E-state index in [9.17, 15) is 30.8 Å². The van der Waals surface area contributed by atoms with E-state index < -0.39 is 38.6 Å². The molecule has 0 amide bonds. The van der Waals surface area contributed by atoms with Gasteiger partial charge >= 0.3 is 21.6 Å². The summed E-state index contributed by atoms with van der Waals surface area (Å²) in [5.41, 5.74) is -4.11. The van der Waals surface area contributed by atoms with Crippen LogP contribution >= 0.6 is 0 Å². The molecule has 0 radical (unpaired) electrons. The van der Waals surface area contributed by atoms with Crippen molar-refractivity contribution in [3.05, 3.63) is 65.0 Å². The highest BCUT2D eigenvalue weighted by Gasteiger charge is 2.49. The van der Waals surface area contributed by atoms with Gasteiger partial charge in [-0.25, -0.2) is 4.39 Å². The SMILES string of the molecule is COC(=O)Cc1ccc(-c2ccc3c(c2)C(C)(C)CC=C3OS(=O)(=O)C(F)(F)F)cc1F. The van der Waals surface area contributed by atoms with Gasteiger partial charge in [0.15, 0.2) is 0 Å². The molecular weight excluding hydrogens is 452 g/mol. The molecular formula is C22H20F4O5S. The largest absolute Gasteiger partial charge is 0.534 e. The Bertz CT molecular complexity index is 1200. The molecule has 1 aliphatic carbocycles. The zero-order chi connectivity index (χ0) is 23.9. The third-order valence-corrected chi connectivity index (χ3v) is 6.21. The number of halogens is 4. The summed E-state index contributed by atoms with van der Waals surface area (Å²) >= 11 is 0. The highest BCUT2D eigenvalue weighted by molar-refractivity contribution is 7.87. The van der Waals surface area contributed by atoms with Gasteiger partial charge in [-0.1, -0.05) is 38.1 Å². The highest BCUT2D eigenvalue weighted by atomic mass is 32.2. The second-order valence-corrected chi connectivity index (χ2v) is 9.50. The summed E-state index contributed by atoms with van der Waals surface area (Å²) < 4.78 is 84.7. The topological polar surface area (TPSA) is 69.7 Å². The average molecular weight is 472 g/mol. The van der Waals surface area contributed by atoms with E-state index in [-0.39, 0.29) is 24.0 Å². The monoisotopic (exact) mass is 472 g/mol. The van der Waals surface area contributed by atoms with Crippen LogP contribution in [0.2, 0.25) is 0 Å². The maximum absolute atomic E-state index is 14.5. The molecule has 3 rings (SSSR count). The van der Waals surface area contributed by atoms with Gasteiger partial charge in [-0.3, -0.25) is 4.79 Å². The minimum absolute atomic E-state index is 0.162. The van der Waals surface area contributed by atoms with Crippen molar-refractivity contribution in [2.24, 2.45) is 0 Å². The van der Waals surface area contributed by atoms with Gasteiger partial charge in [0.25, 0.3) is 0 Å². The third-order valence-electron chi connectivity index (χ3n) is 5.24. The van der Waals surface area contributed by atoms with E-state index in [4.69, 9.17) is 0 Å². The first kappa shape index (κ1) is 23.8. The maximum atomic E-state index is 14.5. The summed E-state index contributed by atoms with van der Waals surface area (Å²) in [6.07, 6.45) is 1.32. The normalized spacial score (nSPS) is 15.5. The lowest BCUT2D eigenvalue weighted by molar-refractivity contribution is -0.139. The number of hydrogen-bond acceptors (Lipinski definition) is 5. The first-order chi connectivity index (χ1) is 14.7. The smallest absolute Gasteiger partial charge is 0.469 e. The molecule has 0 N–H and O–H groups in total. The second-order valence-electron chi connectivity index (χ2n) is 7.96.